The van der Waals surface area contributed by atoms with Crippen molar-refractivity contribution < 1.29 is 4.79 Å². The lowest BCUT2D eigenvalue weighted by Crippen LogP contribution is -2.32. The third-order valence-electron chi connectivity index (χ3n) is 2.80. The first-order chi connectivity index (χ1) is 8.54. The molecule has 0 fully saturated rings. The average molecular weight is 249 g/mol. The summed E-state index contributed by atoms with van der Waals surface area (Å²) < 4.78 is 0. The van der Waals surface area contributed by atoms with Gasteiger partial charge in [-0.05, 0) is 51.3 Å². The van der Waals surface area contributed by atoms with Crippen LogP contribution in [-0.4, -0.2) is 38.0 Å². The highest BCUT2D eigenvalue weighted by molar-refractivity contribution is 5.93. The summed E-state index contributed by atoms with van der Waals surface area (Å²) in [6.07, 6.45) is 1.48. The molecule has 0 aromatic heterocycles. The second-order valence-corrected chi connectivity index (χ2v) is 4.65. The predicted molar refractivity (Wildman–Crippen MR) is 76.7 cm³/mol. The van der Waals surface area contributed by atoms with Gasteiger partial charge in [-0.1, -0.05) is 6.92 Å². The van der Waals surface area contributed by atoms with Crippen LogP contribution in [0.15, 0.2) is 24.3 Å². The molecular weight excluding hydrogens is 226 g/mol. The smallest absolute Gasteiger partial charge is 0.226 e. The normalized spacial score (nSPS) is 10.7. The molecule has 0 saturated heterocycles. The van der Waals surface area contributed by atoms with E-state index in [9.17, 15) is 4.79 Å². The summed E-state index contributed by atoms with van der Waals surface area (Å²) in [6, 6.07) is 7.46. The largest absolute Gasteiger partial charge is 0.399 e. The van der Waals surface area contributed by atoms with Crippen LogP contribution in [0.4, 0.5) is 11.4 Å². The molecule has 0 heterocycles. The molecule has 2 N–H and O–H groups in total. The van der Waals surface area contributed by atoms with E-state index >= 15 is 0 Å². The Kier molecular flexibility index (Phi) is 5.65. The molecule has 1 aromatic carbocycles. The summed E-state index contributed by atoms with van der Waals surface area (Å²) >= 11 is 0. The fraction of sp³-hybridized carbons (Fsp3) is 0.500. The predicted octanol–water partition coefficient (Wildman–Crippen LogP) is 1.96. The highest BCUT2D eigenvalue weighted by Gasteiger charge is 2.13. The summed E-state index contributed by atoms with van der Waals surface area (Å²) in [5, 5.41) is 0. The van der Waals surface area contributed by atoms with Crippen molar-refractivity contribution in [2.75, 3.05) is 37.8 Å². The highest BCUT2D eigenvalue weighted by atomic mass is 16.2. The Morgan fingerprint density at radius 1 is 1.17 bits per heavy atom. The molecule has 0 bridgehead atoms. The maximum Gasteiger partial charge on any atom is 0.226 e. The number of anilines is 2. The summed E-state index contributed by atoms with van der Waals surface area (Å²) in [7, 11) is 4.07. The van der Waals surface area contributed by atoms with Gasteiger partial charge >= 0.3 is 0 Å². The zero-order chi connectivity index (χ0) is 13.5. The van der Waals surface area contributed by atoms with Gasteiger partial charge in [-0.25, -0.2) is 0 Å². The van der Waals surface area contributed by atoms with Crippen LogP contribution in [0.1, 0.15) is 19.8 Å². The van der Waals surface area contributed by atoms with E-state index in [2.05, 4.69) is 4.90 Å². The zero-order valence-electron chi connectivity index (χ0n) is 11.5. The van der Waals surface area contributed by atoms with Crippen LogP contribution in [0, 0.1) is 0 Å². The number of amides is 1. The Morgan fingerprint density at radius 2 is 1.78 bits per heavy atom. The molecule has 1 aromatic rings. The number of hydrogen-bond donors (Lipinski definition) is 1. The number of nitrogens with zero attached hydrogens (tertiary/aromatic N) is 2. The van der Waals surface area contributed by atoms with E-state index in [-0.39, 0.29) is 5.91 Å². The van der Waals surface area contributed by atoms with Gasteiger partial charge in [-0.2, -0.15) is 0 Å². The van der Waals surface area contributed by atoms with E-state index in [0.29, 0.717) is 6.42 Å². The van der Waals surface area contributed by atoms with Gasteiger partial charge in [0.25, 0.3) is 0 Å². The topological polar surface area (TPSA) is 49.6 Å². The van der Waals surface area contributed by atoms with Gasteiger partial charge in [-0.15, -0.1) is 0 Å². The Bertz CT molecular complexity index is 373. The van der Waals surface area contributed by atoms with Crippen LogP contribution < -0.4 is 10.6 Å². The van der Waals surface area contributed by atoms with Gasteiger partial charge in [0.15, 0.2) is 0 Å². The van der Waals surface area contributed by atoms with Crippen LogP contribution in [0.3, 0.4) is 0 Å². The molecular formula is C14H23N3O. The van der Waals surface area contributed by atoms with Gasteiger partial charge in [0.2, 0.25) is 5.91 Å². The number of nitrogens with two attached hydrogens (primary N) is 1. The summed E-state index contributed by atoms with van der Waals surface area (Å²) in [4.78, 5) is 15.9. The summed E-state index contributed by atoms with van der Waals surface area (Å²) in [5.74, 6) is 0.151. The van der Waals surface area contributed by atoms with Gasteiger partial charge in [0.1, 0.15) is 0 Å². The van der Waals surface area contributed by atoms with E-state index in [1.165, 1.54) is 0 Å². The lowest BCUT2D eigenvalue weighted by atomic mass is 10.2. The van der Waals surface area contributed by atoms with Crippen molar-refractivity contribution in [1.29, 1.82) is 0 Å². The average Bonchev–Trinajstić information content (AvgIpc) is 2.35. The van der Waals surface area contributed by atoms with Crippen LogP contribution >= 0.6 is 0 Å². The first-order valence-corrected chi connectivity index (χ1v) is 6.35. The molecule has 18 heavy (non-hydrogen) atoms. The lowest BCUT2D eigenvalue weighted by Gasteiger charge is -2.23. The maximum atomic E-state index is 12.0. The van der Waals surface area contributed by atoms with E-state index in [0.717, 1.165) is 30.9 Å². The molecule has 4 nitrogen and oxygen atoms in total. The number of benzene rings is 1. The van der Waals surface area contributed by atoms with Crippen molar-refractivity contribution in [2.45, 2.75) is 19.8 Å². The summed E-state index contributed by atoms with van der Waals surface area (Å²) in [6.45, 7) is 3.61. The number of hydrogen-bond acceptors (Lipinski definition) is 3. The second-order valence-electron chi connectivity index (χ2n) is 4.65. The second kappa shape index (κ2) is 7.01. The number of carbonyl (C=O) groups excluding carboxylic acids is 1. The number of carbonyl (C=O) groups is 1. The molecule has 0 radical (unpaired) electrons. The van der Waals surface area contributed by atoms with Gasteiger partial charge in [0, 0.05) is 24.3 Å². The molecule has 0 atom stereocenters. The lowest BCUT2D eigenvalue weighted by molar-refractivity contribution is -0.118. The standard InChI is InChI=1S/C14H23N3O/c1-4-14(18)17(11-5-10-16(2)3)13-8-6-12(15)7-9-13/h6-9H,4-5,10-11,15H2,1-3H3. The minimum atomic E-state index is 0.151. The van der Waals surface area contributed by atoms with Crippen molar-refractivity contribution in [3.63, 3.8) is 0 Å². The van der Waals surface area contributed by atoms with E-state index < -0.39 is 0 Å². The van der Waals surface area contributed by atoms with Crippen molar-refractivity contribution in [3.05, 3.63) is 24.3 Å². The van der Waals surface area contributed by atoms with Crippen LogP contribution in [0.5, 0.6) is 0 Å². The Hall–Kier alpha value is -1.55. The minimum absolute atomic E-state index is 0.151. The molecule has 100 valence electrons. The maximum absolute atomic E-state index is 12.0. The molecule has 1 amide bonds. The third kappa shape index (κ3) is 4.37. The fourth-order valence-electron chi connectivity index (χ4n) is 1.79. The monoisotopic (exact) mass is 249 g/mol. The van der Waals surface area contributed by atoms with Crippen LogP contribution in [-0.2, 0) is 4.79 Å². The molecule has 4 heteroatoms. The fourth-order valence-corrected chi connectivity index (χ4v) is 1.79. The first-order valence-electron chi connectivity index (χ1n) is 6.35. The van der Waals surface area contributed by atoms with Gasteiger partial charge < -0.3 is 15.5 Å². The van der Waals surface area contributed by atoms with E-state index in [1.807, 2.05) is 50.2 Å². The van der Waals surface area contributed by atoms with Crippen molar-refractivity contribution in [1.82, 2.24) is 4.90 Å². The van der Waals surface area contributed by atoms with Crippen molar-refractivity contribution in [3.8, 4) is 0 Å². The third-order valence-corrected chi connectivity index (χ3v) is 2.80. The Morgan fingerprint density at radius 3 is 2.28 bits per heavy atom. The zero-order valence-corrected chi connectivity index (χ0v) is 11.5. The summed E-state index contributed by atoms with van der Waals surface area (Å²) in [5.41, 5.74) is 7.31. The highest BCUT2D eigenvalue weighted by Crippen LogP contribution is 2.17. The van der Waals surface area contributed by atoms with Gasteiger partial charge in [-0.3, -0.25) is 4.79 Å². The molecule has 0 aliphatic carbocycles. The van der Waals surface area contributed by atoms with Gasteiger partial charge in [0.05, 0.1) is 0 Å². The molecule has 0 saturated carbocycles. The number of rotatable bonds is 6. The molecule has 1 rings (SSSR count). The Labute approximate surface area is 109 Å². The van der Waals surface area contributed by atoms with E-state index in [4.69, 9.17) is 5.73 Å². The molecule has 0 unspecified atom stereocenters. The number of nitrogen functional groups attached to an aromatic ring is 1. The minimum Gasteiger partial charge on any atom is -0.399 e. The SMILES string of the molecule is CCC(=O)N(CCCN(C)C)c1ccc(N)cc1. The van der Waals surface area contributed by atoms with Crippen LogP contribution in [0.25, 0.3) is 0 Å². The van der Waals surface area contributed by atoms with Crippen molar-refractivity contribution in [2.24, 2.45) is 0 Å². The van der Waals surface area contributed by atoms with Crippen molar-refractivity contribution >= 4 is 17.3 Å². The molecule has 0 spiro atoms. The van der Waals surface area contributed by atoms with E-state index in [1.54, 1.807) is 0 Å². The van der Waals surface area contributed by atoms with Crippen LogP contribution in [0.2, 0.25) is 0 Å². The first kappa shape index (κ1) is 14.5. The quantitative estimate of drug-likeness (QED) is 0.784. The Balaban J connectivity index is 2.72. The molecule has 0 aliphatic rings. The molecule has 0 aliphatic heterocycles.